The first kappa shape index (κ1) is 27.2. The number of nitrogens with one attached hydrogen (secondary N) is 1. The maximum atomic E-state index is 13.1. The number of pyridine rings is 1. The van der Waals surface area contributed by atoms with Crippen molar-refractivity contribution in [2.75, 3.05) is 17.2 Å². The third-order valence-electron chi connectivity index (χ3n) is 5.48. The van der Waals surface area contributed by atoms with Gasteiger partial charge in [0, 0.05) is 17.4 Å². The molecule has 7 N–H and O–H groups in total. The molecule has 200 valence electrons. The lowest BCUT2D eigenvalue weighted by atomic mass is 10.0. The molecule has 2 aromatic heterocycles. The SMILES string of the molecule is C[C@H](O/N=C(\C(=O)NC1C(=O)N2C(C(=O)O)=C(C[n+]3cccc(N)c3)CSC12)c1nc(N)sc1Cl)C(=O)O. The molecular weight excluding hydrogens is 562 g/mol. The number of aromatic nitrogens is 2. The predicted molar refractivity (Wildman–Crippen MR) is 137 cm³/mol. The van der Waals surface area contributed by atoms with Gasteiger partial charge in [-0.15, -0.1) is 11.8 Å². The number of carbonyl (C=O) groups is 4. The molecule has 3 atom stereocenters. The third-order valence-corrected chi connectivity index (χ3v) is 7.91. The molecule has 1 fully saturated rings. The normalized spacial score (nSPS) is 19.9. The summed E-state index contributed by atoms with van der Waals surface area (Å²) >= 11 is 8.24. The molecule has 0 bridgehead atoms. The highest BCUT2D eigenvalue weighted by Gasteiger charge is 2.55. The van der Waals surface area contributed by atoms with Crippen molar-refractivity contribution in [3.8, 4) is 0 Å². The fourth-order valence-corrected chi connectivity index (χ4v) is 5.97. The number of hydrogen-bond donors (Lipinski definition) is 5. The lowest BCUT2D eigenvalue weighted by molar-refractivity contribution is -0.688. The van der Waals surface area contributed by atoms with Crippen molar-refractivity contribution in [1.82, 2.24) is 15.2 Å². The molecule has 0 aromatic carbocycles. The molecule has 2 aromatic rings. The molecule has 17 heteroatoms. The number of hydrogen-bond acceptors (Lipinski definition) is 11. The van der Waals surface area contributed by atoms with E-state index in [0.29, 0.717) is 11.3 Å². The van der Waals surface area contributed by atoms with E-state index in [1.54, 1.807) is 29.1 Å². The first-order valence-electron chi connectivity index (χ1n) is 10.8. The topological polar surface area (TPSA) is 214 Å². The van der Waals surface area contributed by atoms with E-state index in [0.717, 1.165) is 16.2 Å². The average Bonchev–Trinajstić information content (AvgIpc) is 3.19. The van der Waals surface area contributed by atoms with Gasteiger partial charge in [0.15, 0.2) is 29.8 Å². The molecule has 4 rings (SSSR count). The Morgan fingerprint density at radius 3 is 2.74 bits per heavy atom. The van der Waals surface area contributed by atoms with E-state index in [1.807, 2.05) is 0 Å². The number of fused-ring (bicyclic) bond motifs is 1. The van der Waals surface area contributed by atoms with Gasteiger partial charge in [-0.3, -0.25) is 14.5 Å². The van der Waals surface area contributed by atoms with Crippen LogP contribution in [-0.4, -0.2) is 72.8 Å². The number of thioether (sulfide) groups is 1. The molecule has 1 saturated heterocycles. The Balaban J connectivity index is 1.56. The van der Waals surface area contributed by atoms with Gasteiger partial charge in [0.1, 0.15) is 27.1 Å². The van der Waals surface area contributed by atoms with Crippen molar-refractivity contribution in [2.24, 2.45) is 5.16 Å². The summed E-state index contributed by atoms with van der Waals surface area (Å²) < 4.78 is 1.71. The molecule has 2 unspecified atom stereocenters. The van der Waals surface area contributed by atoms with Crippen LogP contribution in [0.2, 0.25) is 4.34 Å². The van der Waals surface area contributed by atoms with Gasteiger partial charge >= 0.3 is 11.9 Å². The summed E-state index contributed by atoms with van der Waals surface area (Å²) in [6, 6.07) is 2.32. The van der Waals surface area contributed by atoms with Crippen molar-refractivity contribution >= 4 is 75.0 Å². The van der Waals surface area contributed by atoms with Gasteiger partial charge in [0.25, 0.3) is 11.8 Å². The maximum absolute atomic E-state index is 13.1. The molecule has 0 spiro atoms. The minimum atomic E-state index is -1.40. The van der Waals surface area contributed by atoms with Gasteiger partial charge in [-0.1, -0.05) is 28.1 Å². The van der Waals surface area contributed by atoms with Crippen molar-refractivity contribution < 1.29 is 38.8 Å². The Morgan fingerprint density at radius 1 is 1.39 bits per heavy atom. The van der Waals surface area contributed by atoms with Crippen LogP contribution in [0.5, 0.6) is 0 Å². The Labute approximate surface area is 227 Å². The Morgan fingerprint density at radius 2 is 2.13 bits per heavy atom. The monoisotopic (exact) mass is 582 g/mol. The summed E-state index contributed by atoms with van der Waals surface area (Å²) in [7, 11) is 0. The summed E-state index contributed by atoms with van der Waals surface area (Å²) in [5.74, 6) is -3.92. The summed E-state index contributed by atoms with van der Waals surface area (Å²) in [5, 5.41) is 24.4. The summed E-state index contributed by atoms with van der Waals surface area (Å²) in [4.78, 5) is 59.4. The smallest absolute Gasteiger partial charge is 0.352 e. The zero-order chi connectivity index (χ0) is 27.7. The molecule has 38 heavy (non-hydrogen) atoms. The number of nitrogens with two attached hydrogens (primary N) is 2. The van der Waals surface area contributed by atoms with E-state index in [4.69, 9.17) is 33.0 Å². The van der Waals surface area contributed by atoms with E-state index in [9.17, 15) is 24.3 Å². The average molecular weight is 583 g/mol. The number of aliphatic carboxylic acids is 2. The second-order valence-electron chi connectivity index (χ2n) is 8.13. The first-order valence-corrected chi connectivity index (χ1v) is 13.1. The summed E-state index contributed by atoms with van der Waals surface area (Å²) in [6.45, 7) is 1.40. The van der Waals surface area contributed by atoms with E-state index < -0.39 is 47.0 Å². The van der Waals surface area contributed by atoms with Crippen molar-refractivity contribution in [3.05, 3.63) is 45.8 Å². The van der Waals surface area contributed by atoms with Gasteiger partial charge in [-0.25, -0.2) is 14.6 Å². The molecule has 4 heterocycles. The van der Waals surface area contributed by atoms with E-state index in [2.05, 4.69) is 15.5 Å². The van der Waals surface area contributed by atoms with Gasteiger partial charge in [-0.05, 0) is 13.0 Å². The largest absolute Gasteiger partial charge is 0.478 e. The van der Waals surface area contributed by atoms with Crippen LogP contribution in [0.25, 0.3) is 0 Å². The summed E-state index contributed by atoms with van der Waals surface area (Å²) in [5.41, 5.74) is 11.6. The van der Waals surface area contributed by atoms with E-state index >= 15 is 0 Å². The highest BCUT2D eigenvalue weighted by Crippen LogP contribution is 2.40. The third kappa shape index (κ3) is 5.36. The number of thiazole rings is 1. The van der Waals surface area contributed by atoms with Gasteiger partial charge in [-0.2, -0.15) is 4.57 Å². The van der Waals surface area contributed by atoms with Gasteiger partial charge in [0.2, 0.25) is 6.10 Å². The number of amides is 2. The molecule has 2 aliphatic rings. The van der Waals surface area contributed by atoms with Gasteiger partial charge in [0.05, 0.1) is 5.69 Å². The molecule has 2 aliphatic heterocycles. The molecule has 14 nitrogen and oxygen atoms in total. The lowest BCUT2D eigenvalue weighted by Gasteiger charge is -2.49. The number of oxime groups is 1. The van der Waals surface area contributed by atoms with E-state index in [-0.39, 0.29) is 33.2 Å². The van der Waals surface area contributed by atoms with Crippen LogP contribution >= 0.6 is 34.7 Å². The molecule has 0 saturated carbocycles. The summed E-state index contributed by atoms with van der Waals surface area (Å²) in [6.07, 6.45) is 1.97. The predicted octanol–water partition coefficient (Wildman–Crippen LogP) is -0.119. The number of nitrogen functional groups attached to an aromatic ring is 2. The van der Waals surface area contributed by atoms with Crippen molar-refractivity contribution in [3.63, 3.8) is 0 Å². The van der Waals surface area contributed by atoms with Crippen LogP contribution in [0.1, 0.15) is 12.6 Å². The maximum Gasteiger partial charge on any atom is 0.352 e. The number of carbonyl (C=O) groups excluding carboxylic acids is 2. The highest BCUT2D eigenvalue weighted by atomic mass is 35.5. The first-order chi connectivity index (χ1) is 18.0. The zero-order valence-corrected chi connectivity index (χ0v) is 21.9. The Hall–Kier alpha value is -3.89. The molecule has 0 aliphatic carbocycles. The van der Waals surface area contributed by atoms with Crippen LogP contribution in [0, 0.1) is 0 Å². The van der Waals surface area contributed by atoms with Crippen LogP contribution in [-0.2, 0) is 30.6 Å². The second-order valence-corrected chi connectivity index (χ2v) is 10.9. The fraction of sp³-hybridized carbons (Fsp3) is 0.286. The Kier molecular flexibility index (Phi) is 7.75. The standard InChI is InChI=1S/C21H20ClN7O7S2/c1-8(19(32)33)36-27-12(11-15(22)38-21(24)26-11)16(30)25-13-17(31)29-14(20(34)35)9(7-37-18(13)29)5-28-4-2-3-10(23)6-28/h2-4,6,8,13,18H,5,7,23H2,1H3,(H4-,24,25,26,30,32,33,34,35)/p+1/b27-12-/t8-,13?,18?/m0/s1. The van der Waals surface area contributed by atoms with Crippen molar-refractivity contribution in [2.45, 2.75) is 31.0 Å². The van der Waals surface area contributed by atoms with Crippen LogP contribution < -0.4 is 21.4 Å². The quantitative estimate of drug-likeness (QED) is 0.114. The fourth-order valence-electron chi connectivity index (χ4n) is 3.71. The number of halogens is 1. The number of β-lactam (4-membered cyclic amide) rings is 1. The molecular formula is C21H21ClN7O7S2+. The Bertz CT molecular complexity index is 1400. The highest BCUT2D eigenvalue weighted by molar-refractivity contribution is 8.00. The van der Waals surface area contributed by atoms with Crippen LogP contribution in [0.4, 0.5) is 10.8 Å². The molecule has 2 amide bonds. The van der Waals surface area contributed by atoms with Crippen molar-refractivity contribution in [1.29, 1.82) is 0 Å². The number of rotatable bonds is 9. The van der Waals surface area contributed by atoms with E-state index in [1.165, 1.54) is 18.7 Å². The number of anilines is 2. The lowest BCUT2D eigenvalue weighted by Crippen LogP contribution is -2.71. The van der Waals surface area contributed by atoms with Crippen LogP contribution in [0.3, 0.4) is 0 Å². The molecule has 0 radical (unpaired) electrons. The number of carboxylic acids is 2. The minimum Gasteiger partial charge on any atom is -0.478 e. The number of carboxylic acid groups (broad SMARTS) is 2. The second kappa shape index (κ2) is 10.8. The zero-order valence-electron chi connectivity index (χ0n) is 19.5. The van der Waals surface area contributed by atoms with Gasteiger partial charge < -0.3 is 31.8 Å². The number of nitrogens with zero attached hydrogens (tertiary/aromatic N) is 4. The van der Waals surface area contributed by atoms with Crippen LogP contribution in [0.15, 0.2) is 41.0 Å². The minimum absolute atomic E-state index is 0.00336.